The predicted molar refractivity (Wildman–Crippen MR) is 61.6 cm³/mol. The molecule has 1 aromatic carbocycles. The Morgan fingerprint density at radius 2 is 1.79 bits per heavy atom. The number of carbonyl (C=O) groups excluding carboxylic acids is 1. The number of benzene rings is 1. The highest BCUT2D eigenvalue weighted by Gasteiger charge is 2.38. The average Bonchev–Trinajstić information content (AvgIpc) is 2.30. The summed E-state index contributed by atoms with van der Waals surface area (Å²) in [5, 5.41) is 10.4. The SMILES string of the molecule is CC(Cc1ccc(NC(=O)C(F)(F)F)cc1)C(=O)O. The normalized spacial score (nSPS) is 12.8. The van der Waals surface area contributed by atoms with E-state index in [0.29, 0.717) is 5.56 Å². The van der Waals surface area contributed by atoms with Crippen LogP contribution in [0.15, 0.2) is 24.3 Å². The van der Waals surface area contributed by atoms with Crippen molar-refractivity contribution in [1.29, 1.82) is 0 Å². The molecular weight excluding hydrogens is 263 g/mol. The molecule has 0 aliphatic heterocycles. The number of amides is 1. The third kappa shape index (κ3) is 4.61. The van der Waals surface area contributed by atoms with Gasteiger partial charge >= 0.3 is 18.1 Å². The fourth-order valence-electron chi connectivity index (χ4n) is 1.37. The predicted octanol–water partition coefficient (Wildman–Crippen LogP) is 2.45. The maximum atomic E-state index is 12.0. The van der Waals surface area contributed by atoms with Gasteiger partial charge in [-0.1, -0.05) is 19.1 Å². The number of halogens is 3. The fourth-order valence-corrected chi connectivity index (χ4v) is 1.37. The number of rotatable bonds is 4. The van der Waals surface area contributed by atoms with E-state index in [1.54, 1.807) is 5.32 Å². The Labute approximate surface area is 107 Å². The molecule has 0 radical (unpaired) electrons. The standard InChI is InChI=1S/C12H12F3NO3/c1-7(10(17)18)6-8-2-4-9(5-3-8)16-11(19)12(13,14)15/h2-5,7H,6H2,1H3,(H,16,19)(H,17,18). The van der Waals surface area contributed by atoms with Crippen LogP contribution in [0.3, 0.4) is 0 Å². The summed E-state index contributed by atoms with van der Waals surface area (Å²) in [5.41, 5.74) is 0.675. The lowest BCUT2D eigenvalue weighted by molar-refractivity contribution is -0.167. The highest BCUT2D eigenvalue weighted by atomic mass is 19.4. The first kappa shape index (κ1) is 15.0. The highest BCUT2D eigenvalue weighted by molar-refractivity contribution is 5.94. The van der Waals surface area contributed by atoms with Gasteiger partial charge in [0.05, 0.1) is 5.92 Å². The van der Waals surface area contributed by atoms with Crippen LogP contribution in [-0.4, -0.2) is 23.2 Å². The molecule has 1 unspecified atom stereocenters. The largest absolute Gasteiger partial charge is 0.481 e. The van der Waals surface area contributed by atoms with Gasteiger partial charge in [-0.15, -0.1) is 0 Å². The molecule has 1 rings (SSSR count). The van der Waals surface area contributed by atoms with Crippen LogP contribution < -0.4 is 5.32 Å². The van der Waals surface area contributed by atoms with Gasteiger partial charge in [-0.3, -0.25) is 9.59 Å². The molecule has 1 aromatic rings. The fraction of sp³-hybridized carbons (Fsp3) is 0.333. The van der Waals surface area contributed by atoms with Crippen molar-refractivity contribution < 1.29 is 27.9 Å². The maximum Gasteiger partial charge on any atom is 0.471 e. The topological polar surface area (TPSA) is 66.4 Å². The van der Waals surface area contributed by atoms with Gasteiger partial charge in [0.1, 0.15) is 0 Å². The number of anilines is 1. The highest BCUT2D eigenvalue weighted by Crippen LogP contribution is 2.19. The Kier molecular flexibility index (Phi) is 4.52. The van der Waals surface area contributed by atoms with Crippen LogP contribution >= 0.6 is 0 Å². The van der Waals surface area contributed by atoms with Crippen LogP contribution in [0, 0.1) is 5.92 Å². The molecule has 4 nitrogen and oxygen atoms in total. The minimum absolute atomic E-state index is 0.00838. The van der Waals surface area contributed by atoms with E-state index < -0.39 is 24.0 Å². The first-order valence-corrected chi connectivity index (χ1v) is 5.40. The quantitative estimate of drug-likeness (QED) is 0.887. The summed E-state index contributed by atoms with van der Waals surface area (Å²) < 4.78 is 36.0. The van der Waals surface area contributed by atoms with Crippen LogP contribution in [0.5, 0.6) is 0 Å². The number of alkyl halides is 3. The first-order chi connectivity index (χ1) is 8.70. The second-order valence-corrected chi connectivity index (χ2v) is 4.09. The minimum atomic E-state index is -4.93. The van der Waals surface area contributed by atoms with Gasteiger partial charge in [-0.05, 0) is 24.1 Å². The first-order valence-electron chi connectivity index (χ1n) is 5.40. The van der Waals surface area contributed by atoms with Gasteiger partial charge < -0.3 is 10.4 Å². The van der Waals surface area contributed by atoms with Gasteiger partial charge in [0, 0.05) is 5.69 Å². The summed E-state index contributed by atoms with van der Waals surface area (Å²) in [6.07, 6.45) is -4.67. The average molecular weight is 275 g/mol. The van der Waals surface area contributed by atoms with Crippen LogP contribution in [0.25, 0.3) is 0 Å². The third-order valence-corrected chi connectivity index (χ3v) is 2.43. The Morgan fingerprint density at radius 1 is 1.26 bits per heavy atom. The Morgan fingerprint density at radius 3 is 2.21 bits per heavy atom. The number of hydrogen-bond acceptors (Lipinski definition) is 2. The molecule has 0 fully saturated rings. The summed E-state index contributed by atoms with van der Waals surface area (Å²) in [6, 6.07) is 5.55. The lowest BCUT2D eigenvalue weighted by Crippen LogP contribution is -2.29. The summed E-state index contributed by atoms with van der Waals surface area (Å²) in [5.74, 6) is -3.58. The molecule has 2 N–H and O–H groups in total. The maximum absolute atomic E-state index is 12.0. The van der Waals surface area contributed by atoms with E-state index in [1.165, 1.54) is 31.2 Å². The minimum Gasteiger partial charge on any atom is -0.481 e. The van der Waals surface area contributed by atoms with E-state index in [9.17, 15) is 22.8 Å². The molecular formula is C12H12F3NO3. The summed E-state index contributed by atoms with van der Waals surface area (Å²) in [7, 11) is 0. The molecule has 1 atom stereocenters. The summed E-state index contributed by atoms with van der Waals surface area (Å²) in [4.78, 5) is 21.3. The van der Waals surface area contributed by atoms with E-state index in [-0.39, 0.29) is 12.1 Å². The van der Waals surface area contributed by atoms with Crippen molar-refractivity contribution in [2.45, 2.75) is 19.5 Å². The van der Waals surface area contributed by atoms with E-state index in [0.717, 1.165) is 0 Å². The Bertz CT molecular complexity index is 468. The molecule has 104 valence electrons. The monoisotopic (exact) mass is 275 g/mol. The molecule has 0 spiro atoms. The van der Waals surface area contributed by atoms with Gasteiger partial charge in [-0.2, -0.15) is 13.2 Å². The Balaban J connectivity index is 2.67. The molecule has 0 bridgehead atoms. The van der Waals surface area contributed by atoms with Gasteiger partial charge in [0.25, 0.3) is 0 Å². The molecule has 0 aliphatic carbocycles. The van der Waals surface area contributed by atoms with E-state index in [1.807, 2.05) is 0 Å². The van der Waals surface area contributed by atoms with Crippen molar-refractivity contribution in [2.75, 3.05) is 5.32 Å². The van der Waals surface area contributed by atoms with Crippen molar-refractivity contribution in [3.63, 3.8) is 0 Å². The zero-order valence-corrected chi connectivity index (χ0v) is 9.99. The van der Waals surface area contributed by atoms with E-state index in [4.69, 9.17) is 5.11 Å². The van der Waals surface area contributed by atoms with Gasteiger partial charge in [-0.25, -0.2) is 0 Å². The number of carboxylic acids is 1. The van der Waals surface area contributed by atoms with Crippen molar-refractivity contribution in [3.8, 4) is 0 Å². The number of hydrogen-bond donors (Lipinski definition) is 2. The molecule has 1 amide bonds. The zero-order valence-electron chi connectivity index (χ0n) is 9.99. The second kappa shape index (κ2) is 5.73. The molecule has 0 saturated heterocycles. The molecule has 7 heteroatoms. The molecule has 0 saturated carbocycles. The van der Waals surface area contributed by atoms with Crippen molar-refractivity contribution >= 4 is 17.6 Å². The summed E-state index contributed by atoms with van der Waals surface area (Å²) >= 11 is 0. The van der Waals surface area contributed by atoms with E-state index in [2.05, 4.69) is 0 Å². The van der Waals surface area contributed by atoms with Crippen LogP contribution in [0.4, 0.5) is 18.9 Å². The number of aliphatic carboxylic acids is 1. The van der Waals surface area contributed by atoms with Crippen LogP contribution in [0.1, 0.15) is 12.5 Å². The van der Waals surface area contributed by atoms with Crippen molar-refractivity contribution in [3.05, 3.63) is 29.8 Å². The molecule has 0 aliphatic rings. The zero-order chi connectivity index (χ0) is 14.6. The van der Waals surface area contributed by atoms with Gasteiger partial charge in [0.2, 0.25) is 0 Å². The molecule has 0 aromatic heterocycles. The van der Waals surface area contributed by atoms with E-state index >= 15 is 0 Å². The van der Waals surface area contributed by atoms with Gasteiger partial charge in [0.15, 0.2) is 0 Å². The lowest BCUT2D eigenvalue weighted by atomic mass is 10.0. The number of carboxylic acid groups (broad SMARTS) is 1. The van der Waals surface area contributed by atoms with Crippen molar-refractivity contribution in [1.82, 2.24) is 0 Å². The lowest BCUT2D eigenvalue weighted by Gasteiger charge is -2.09. The summed E-state index contributed by atoms with van der Waals surface area (Å²) in [6.45, 7) is 1.53. The van der Waals surface area contributed by atoms with Crippen molar-refractivity contribution in [2.24, 2.45) is 5.92 Å². The Hall–Kier alpha value is -2.05. The number of carbonyl (C=O) groups is 2. The molecule has 19 heavy (non-hydrogen) atoms. The number of nitrogens with one attached hydrogen (secondary N) is 1. The molecule has 0 heterocycles. The second-order valence-electron chi connectivity index (χ2n) is 4.09. The van der Waals surface area contributed by atoms with Crippen LogP contribution in [-0.2, 0) is 16.0 Å². The smallest absolute Gasteiger partial charge is 0.471 e. The van der Waals surface area contributed by atoms with Crippen LogP contribution in [0.2, 0.25) is 0 Å². The third-order valence-electron chi connectivity index (χ3n) is 2.43.